The van der Waals surface area contributed by atoms with Crippen LogP contribution in [0.15, 0.2) is 0 Å². The molecule has 0 aliphatic carbocycles. The fourth-order valence-corrected chi connectivity index (χ4v) is 1.29. The molecule has 0 rings (SSSR count). The van der Waals surface area contributed by atoms with Crippen LogP contribution < -0.4 is 11.5 Å². The molecule has 0 fully saturated rings. The average molecular weight is 196 g/mol. The van der Waals surface area contributed by atoms with Crippen molar-refractivity contribution in [2.75, 3.05) is 13.1 Å². The smallest absolute Gasteiger partial charge is 0.103 e. The van der Waals surface area contributed by atoms with Crippen LogP contribution in [0.4, 0.5) is 0 Å². The van der Waals surface area contributed by atoms with Crippen molar-refractivity contribution in [2.45, 2.75) is 23.7 Å². The quantitative estimate of drug-likeness (QED) is 0.363. The summed E-state index contributed by atoms with van der Waals surface area (Å²) in [6.07, 6.45) is 1.48. The van der Waals surface area contributed by atoms with Crippen molar-refractivity contribution < 1.29 is 4.74 Å². The lowest BCUT2D eigenvalue weighted by Crippen LogP contribution is -2.19. The summed E-state index contributed by atoms with van der Waals surface area (Å²) in [6, 6.07) is 0. The van der Waals surface area contributed by atoms with E-state index in [2.05, 4.69) is 25.3 Å². The van der Waals surface area contributed by atoms with Gasteiger partial charge in [-0.1, -0.05) is 0 Å². The van der Waals surface area contributed by atoms with Gasteiger partial charge in [0.2, 0.25) is 0 Å². The molecule has 0 aliphatic heterocycles. The zero-order valence-corrected chi connectivity index (χ0v) is 8.23. The van der Waals surface area contributed by atoms with Crippen LogP contribution in [0.3, 0.4) is 0 Å². The molecular formula is C6H16N2OS2. The van der Waals surface area contributed by atoms with Crippen molar-refractivity contribution in [3.8, 4) is 0 Å². The molecule has 0 saturated heterocycles. The standard InChI is InChI=1S/C6H16N2OS2/c7-3-1-5(10)9-6(11)2-4-8/h5-6,10-11H,1-4,7-8H2. The van der Waals surface area contributed by atoms with Gasteiger partial charge in [0.1, 0.15) is 10.9 Å². The maximum absolute atomic E-state index is 5.30. The molecule has 0 aromatic rings. The lowest BCUT2D eigenvalue weighted by Gasteiger charge is -2.16. The van der Waals surface area contributed by atoms with E-state index in [1.54, 1.807) is 0 Å². The van der Waals surface area contributed by atoms with Gasteiger partial charge in [0.05, 0.1) is 0 Å². The van der Waals surface area contributed by atoms with Crippen LogP contribution in [0.1, 0.15) is 12.8 Å². The van der Waals surface area contributed by atoms with E-state index in [1.165, 1.54) is 0 Å². The molecule has 0 spiro atoms. The van der Waals surface area contributed by atoms with Gasteiger partial charge in [0.15, 0.2) is 0 Å². The van der Waals surface area contributed by atoms with Crippen LogP contribution in [0.5, 0.6) is 0 Å². The molecule has 5 heteroatoms. The highest BCUT2D eigenvalue weighted by molar-refractivity contribution is 7.81. The average Bonchev–Trinajstić information content (AvgIpc) is 1.87. The Morgan fingerprint density at radius 2 is 1.36 bits per heavy atom. The summed E-state index contributed by atoms with van der Waals surface area (Å²) >= 11 is 8.30. The van der Waals surface area contributed by atoms with E-state index in [1.807, 2.05) is 0 Å². The van der Waals surface area contributed by atoms with Gasteiger partial charge in [-0.2, -0.15) is 0 Å². The molecule has 11 heavy (non-hydrogen) atoms. The number of nitrogens with two attached hydrogens (primary N) is 2. The van der Waals surface area contributed by atoms with Crippen molar-refractivity contribution in [2.24, 2.45) is 11.5 Å². The summed E-state index contributed by atoms with van der Waals surface area (Å²) in [5.74, 6) is 0. The molecule has 0 saturated carbocycles. The number of ether oxygens (including phenoxy) is 1. The molecule has 68 valence electrons. The van der Waals surface area contributed by atoms with Gasteiger partial charge in [-0.25, -0.2) is 0 Å². The van der Waals surface area contributed by atoms with E-state index >= 15 is 0 Å². The molecule has 0 aromatic heterocycles. The predicted molar refractivity (Wildman–Crippen MR) is 54.0 cm³/mol. The molecule has 3 nitrogen and oxygen atoms in total. The summed E-state index contributed by atoms with van der Waals surface area (Å²) in [5, 5.41) is 0. The normalized spacial score (nSPS) is 16.4. The highest BCUT2D eigenvalue weighted by Crippen LogP contribution is 2.10. The molecule has 0 amide bonds. The Labute approximate surface area is 78.7 Å². The molecule has 2 atom stereocenters. The van der Waals surface area contributed by atoms with Crippen molar-refractivity contribution in [3.05, 3.63) is 0 Å². The summed E-state index contributed by atoms with van der Waals surface area (Å²) < 4.78 is 5.30. The molecule has 0 aromatic carbocycles. The van der Waals surface area contributed by atoms with Crippen molar-refractivity contribution in [3.63, 3.8) is 0 Å². The first kappa shape index (κ1) is 11.6. The summed E-state index contributed by atoms with van der Waals surface area (Å²) in [6.45, 7) is 1.16. The van der Waals surface area contributed by atoms with Gasteiger partial charge < -0.3 is 16.2 Å². The Morgan fingerprint density at radius 3 is 1.64 bits per heavy atom. The highest BCUT2D eigenvalue weighted by atomic mass is 32.1. The van der Waals surface area contributed by atoms with E-state index in [0.29, 0.717) is 13.1 Å². The highest BCUT2D eigenvalue weighted by Gasteiger charge is 2.07. The molecule has 0 heterocycles. The van der Waals surface area contributed by atoms with Crippen LogP contribution in [0, 0.1) is 0 Å². The fraction of sp³-hybridized carbons (Fsp3) is 1.00. The second-order valence-electron chi connectivity index (χ2n) is 2.20. The van der Waals surface area contributed by atoms with Crippen molar-refractivity contribution >= 4 is 25.3 Å². The Kier molecular flexibility index (Phi) is 7.62. The maximum Gasteiger partial charge on any atom is 0.103 e. The first-order chi connectivity index (χ1) is 5.20. The monoisotopic (exact) mass is 196 g/mol. The first-order valence-corrected chi connectivity index (χ1v) is 4.65. The summed E-state index contributed by atoms with van der Waals surface area (Å²) in [5.41, 5.74) is 10.4. The minimum absolute atomic E-state index is 0.117. The van der Waals surface area contributed by atoms with Crippen molar-refractivity contribution in [1.82, 2.24) is 0 Å². The van der Waals surface area contributed by atoms with E-state index in [-0.39, 0.29) is 10.9 Å². The predicted octanol–water partition coefficient (Wildman–Crippen LogP) is 0.212. The zero-order valence-electron chi connectivity index (χ0n) is 6.44. The summed E-state index contributed by atoms with van der Waals surface area (Å²) in [7, 11) is 0. The van der Waals surface area contributed by atoms with Crippen LogP contribution in [-0.2, 0) is 4.74 Å². The Balaban J connectivity index is 3.32. The molecule has 0 aliphatic rings. The maximum atomic E-state index is 5.30. The molecule has 4 N–H and O–H groups in total. The number of rotatable bonds is 6. The largest absolute Gasteiger partial charge is 0.354 e. The fourth-order valence-electron chi connectivity index (χ4n) is 0.603. The van der Waals surface area contributed by atoms with Crippen LogP contribution in [-0.4, -0.2) is 24.0 Å². The third kappa shape index (κ3) is 6.96. The van der Waals surface area contributed by atoms with Crippen molar-refractivity contribution in [1.29, 1.82) is 0 Å². The van der Waals surface area contributed by atoms with Gasteiger partial charge in [-0.3, -0.25) is 0 Å². The van der Waals surface area contributed by atoms with Gasteiger partial charge in [-0.15, -0.1) is 25.3 Å². The van der Waals surface area contributed by atoms with E-state index in [4.69, 9.17) is 16.2 Å². The lowest BCUT2D eigenvalue weighted by atomic mass is 10.4. The van der Waals surface area contributed by atoms with Gasteiger partial charge >= 0.3 is 0 Å². The number of thiol groups is 2. The molecule has 0 bridgehead atoms. The van der Waals surface area contributed by atoms with E-state index in [9.17, 15) is 0 Å². The Bertz CT molecular complexity index is 84.7. The minimum atomic E-state index is -0.117. The van der Waals surface area contributed by atoms with Gasteiger partial charge in [0.25, 0.3) is 0 Å². The summed E-state index contributed by atoms with van der Waals surface area (Å²) in [4.78, 5) is 0. The lowest BCUT2D eigenvalue weighted by molar-refractivity contribution is 0.0870. The van der Waals surface area contributed by atoms with Crippen LogP contribution in [0.2, 0.25) is 0 Å². The first-order valence-electron chi connectivity index (χ1n) is 3.62. The Hall–Kier alpha value is 0.580. The number of hydrogen-bond donors (Lipinski definition) is 4. The van der Waals surface area contributed by atoms with Gasteiger partial charge in [-0.05, 0) is 25.9 Å². The molecular weight excluding hydrogens is 180 g/mol. The van der Waals surface area contributed by atoms with Gasteiger partial charge in [0, 0.05) is 0 Å². The second-order valence-corrected chi connectivity index (χ2v) is 3.35. The topological polar surface area (TPSA) is 61.3 Å². The third-order valence-electron chi connectivity index (χ3n) is 1.14. The van der Waals surface area contributed by atoms with Crippen LogP contribution >= 0.6 is 25.3 Å². The third-order valence-corrected chi connectivity index (χ3v) is 1.90. The zero-order chi connectivity index (χ0) is 8.69. The van der Waals surface area contributed by atoms with E-state index < -0.39 is 0 Å². The number of hydrogen-bond acceptors (Lipinski definition) is 5. The molecule has 0 radical (unpaired) electrons. The second kappa shape index (κ2) is 7.24. The van der Waals surface area contributed by atoms with E-state index in [0.717, 1.165) is 12.8 Å². The Morgan fingerprint density at radius 1 is 1.00 bits per heavy atom. The molecule has 2 unspecified atom stereocenters. The van der Waals surface area contributed by atoms with Crippen LogP contribution in [0.25, 0.3) is 0 Å². The SMILES string of the molecule is NCCC(S)OC(S)CCN. The minimum Gasteiger partial charge on any atom is -0.354 e.